The lowest BCUT2D eigenvalue weighted by molar-refractivity contribution is 0.0572. The first-order valence-corrected chi connectivity index (χ1v) is 6.78. The maximum atomic E-state index is 11.2. The number of hydrogen-bond donors (Lipinski definition) is 2. The summed E-state index contributed by atoms with van der Waals surface area (Å²) in [6.07, 6.45) is 0.288. The molecule has 86 valence electrons. The van der Waals surface area contributed by atoms with Crippen LogP contribution in [0.1, 0.15) is 27.2 Å². The third kappa shape index (κ3) is 6.34. The van der Waals surface area contributed by atoms with Gasteiger partial charge in [-0.25, -0.2) is 8.42 Å². The van der Waals surface area contributed by atoms with Gasteiger partial charge < -0.3 is 10.4 Å². The Morgan fingerprint density at radius 1 is 1.36 bits per heavy atom. The summed E-state index contributed by atoms with van der Waals surface area (Å²) >= 11 is 0. The molecule has 14 heavy (non-hydrogen) atoms. The summed E-state index contributed by atoms with van der Waals surface area (Å²) in [5, 5.41) is 12.8. The summed E-state index contributed by atoms with van der Waals surface area (Å²) in [7, 11) is -2.97. The zero-order chi connectivity index (χ0) is 11.2. The van der Waals surface area contributed by atoms with Gasteiger partial charge in [0.1, 0.15) is 9.84 Å². The summed E-state index contributed by atoms with van der Waals surface area (Å²) in [5.74, 6) is 0.201. The Balaban J connectivity index is 3.98. The first-order valence-electron chi connectivity index (χ1n) is 4.96. The van der Waals surface area contributed by atoms with Gasteiger partial charge in [-0.05, 0) is 19.9 Å². The number of rotatable bonds is 7. The molecule has 1 atom stereocenters. The predicted octanol–water partition coefficient (Wildman–Crippen LogP) is 0.172. The molecule has 0 radical (unpaired) electrons. The van der Waals surface area contributed by atoms with E-state index in [1.165, 1.54) is 0 Å². The molecule has 5 heteroatoms. The van der Waals surface area contributed by atoms with Crippen LogP contribution >= 0.6 is 0 Å². The van der Waals surface area contributed by atoms with Crippen molar-refractivity contribution in [2.75, 3.05) is 24.6 Å². The van der Waals surface area contributed by atoms with Crippen molar-refractivity contribution in [2.24, 2.45) is 0 Å². The molecule has 0 rings (SSSR count). The van der Waals surface area contributed by atoms with Crippen molar-refractivity contribution in [1.29, 1.82) is 0 Å². The maximum Gasteiger partial charge on any atom is 0.150 e. The van der Waals surface area contributed by atoms with Gasteiger partial charge in [0.15, 0.2) is 0 Å². The number of sulfone groups is 1. The highest BCUT2D eigenvalue weighted by Gasteiger charge is 2.22. The van der Waals surface area contributed by atoms with Gasteiger partial charge in [0.05, 0.1) is 11.4 Å². The number of hydrogen-bond acceptors (Lipinski definition) is 4. The summed E-state index contributed by atoms with van der Waals surface area (Å²) in [6, 6.07) is 0. The van der Waals surface area contributed by atoms with Gasteiger partial charge in [-0.1, -0.05) is 13.8 Å². The largest absolute Gasteiger partial charge is 0.389 e. The highest BCUT2D eigenvalue weighted by atomic mass is 32.2. The van der Waals surface area contributed by atoms with Gasteiger partial charge >= 0.3 is 0 Å². The third-order valence-corrected chi connectivity index (χ3v) is 3.85. The molecule has 0 aromatic rings. The molecule has 0 aromatic heterocycles. The fraction of sp³-hybridized carbons (Fsp3) is 1.00. The summed E-state index contributed by atoms with van der Waals surface area (Å²) in [6.45, 7) is 6.42. The molecule has 2 N–H and O–H groups in total. The van der Waals surface area contributed by atoms with Crippen LogP contribution in [-0.4, -0.2) is 43.7 Å². The van der Waals surface area contributed by atoms with Gasteiger partial charge in [-0.3, -0.25) is 0 Å². The van der Waals surface area contributed by atoms with Crippen LogP contribution in [0.4, 0.5) is 0 Å². The van der Waals surface area contributed by atoms with E-state index in [-0.39, 0.29) is 17.9 Å². The van der Waals surface area contributed by atoms with Gasteiger partial charge in [-0.2, -0.15) is 0 Å². The lowest BCUT2D eigenvalue weighted by Gasteiger charge is -2.23. The highest BCUT2D eigenvalue weighted by Crippen LogP contribution is 2.09. The molecule has 0 heterocycles. The molecule has 0 aliphatic carbocycles. The Morgan fingerprint density at radius 2 is 1.93 bits per heavy atom. The Kier molecular flexibility index (Phi) is 5.63. The lowest BCUT2D eigenvalue weighted by Crippen LogP contribution is -2.39. The van der Waals surface area contributed by atoms with Crippen LogP contribution in [-0.2, 0) is 9.84 Å². The van der Waals surface area contributed by atoms with E-state index >= 15 is 0 Å². The molecule has 0 saturated carbocycles. The Morgan fingerprint density at radius 3 is 2.36 bits per heavy atom. The van der Waals surface area contributed by atoms with Crippen molar-refractivity contribution < 1.29 is 13.5 Å². The molecule has 0 fully saturated rings. The van der Waals surface area contributed by atoms with Crippen molar-refractivity contribution in [3.05, 3.63) is 0 Å². The van der Waals surface area contributed by atoms with Crippen molar-refractivity contribution in [2.45, 2.75) is 32.8 Å². The van der Waals surface area contributed by atoms with E-state index in [2.05, 4.69) is 5.32 Å². The van der Waals surface area contributed by atoms with Crippen molar-refractivity contribution in [3.63, 3.8) is 0 Å². The van der Waals surface area contributed by atoms with Crippen LogP contribution in [0, 0.1) is 0 Å². The van der Waals surface area contributed by atoms with Crippen molar-refractivity contribution in [1.82, 2.24) is 5.32 Å². The molecule has 1 unspecified atom stereocenters. The van der Waals surface area contributed by atoms with Crippen LogP contribution in [0.2, 0.25) is 0 Å². The van der Waals surface area contributed by atoms with E-state index in [1.54, 1.807) is 13.8 Å². The van der Waals surface area contributed by atoms with Gasteiger partial charge in [0.2, 0.25) is 0 Å². The average Bonchev–Trinajstić information content (AvgIpc) is 2.12. The van der Waals surface area contributed by atoms with Crippen molar-refractivity contribution >= 4 is 9.84 Å². The third-order valence-electron chi connectivity index (χ3n) is 2.15. The molecular weight excluding hydrogens is 202 g/mol. The molecule has 0 aliphatic rings. The molecule has 0 aromatic carbocycles. The number of likely N-dealkylation sites (N-methyl/N-ethyl adjacent to an activating group) is 1. The van der Waals surface area contributed by atoms with E-state index in [0.717, 1.165) is 6.54 Å². The van der Waals surface area contributed by atoms with Gasteiger partial charge in [0.25, 0.3) is 0 Å². The molecular formula is C9H21NO3S. The molecule has 0 bridgehead atoms. The first-order chi connectivity index (χ1) is 6.33. The lowest BCUT2D eigenvalue weighted by atomic mass is 10.0. The first kappa shape index (κ1) is 13.9. The fourth-order valence-corrected chi connectivity index (χ4v) is 2.04. The summed E-state index contributed by atoms with van der Waals surface area (Å²) in [4.78, 5) is 0. The average molecular weight is 223 g/mol. The van der Waals surface area contributed by atoms with Crippen molar-refractivity contribution in [3.8, 4) is 0 Å². The second kappa shape index (κ2) is 5.68. The monoisotopic (exact) mass is 223 g/mol. The predicted molar refractivity (Wildman–Crippen MR) is 58.1 cm³/mol. The molecule has 0 saturated heterocycles. The Hall–Kier alpha value is -0.130. The molecule has 0 aliphatic heterocycles. The van der Waals surface area contributed by atoms with E-state index in [1.807, 2.05) is 6.92 Å². The Labute approximate surface area is 86.6 Å². The fourth-order valence-electron chi connectivity index (χ4n) is 1.00. The zero-order valence-electron chi connectivity index (χ0n) is 9.21. The summed E-state index contributed by atoms with van der Waals surface area (Å²) in [5.41, 5.74) is -0.932. The van der Waals surface area contributed by atoms with E-state index < -0.39 is 15.4 Å². The smallest absolute Gasteiger partial charge is 0.150 e. The van der Waals surface area contributed by atoms with E-state index in [9.17, 15) is 13.5 Å². The zero-order valence-corrected chi connectivity index (χ0v) is 10.0. The topological polar surface area (TPSA) is 66.4 Å². The number of nitrogens with one attached hydrogen (secondary N) is 1. The second-order valence-electron chi connectivity index (χ2n) is 3.76. The minimum atomic E-state index is -2.97. The van der Waals surface area contributed by atoms with Crippen LogP contribution in [0.25, 0.3) is 0 Å². The minimum Gasteiger partial charge on any atom is -0.389 e. The maximum absolute atomic E-state index is 11.2. The second-order valence-corrected chi connectivity index (χ2v) is 6.24. The van der Waals surface area contributed by atoms with Gasteiger partial charge in [-0.15, -0.1) is 0 Å². The van der Waals surface area contributed by atoms with E-state index in [4.69, 9.17) is 0 Å². The standard InChI is InChI=1S/C9H21NO3S/c1-4-10-8-9(3,11)6-7-14(12,13)5-2/h10-11H,4-8H2,1-3H3. The quantitative estimate of drug-likeness (QED) is 0.646. The van der Waals surface area contributed by atoms with Crippen LogP contribution in [0.3, 0.4) is 0 Å². The highest BCUT2D eigenvalue weighted by molar-refractivity contribution is 7.91. The van der Waals surface area contributed by atoms with Crippen LogP contribution in [0.5, 0.6) is 0 Å². The molecule has 4 nitrogen and oxygen atoms in total. The summed E-state index contributed by atoms with van der Waals surface area (Å²) < 4.78 is 22.4. The van der Waals surface area contributed by atoms with Gasteiger partial charge in [0, 0.05) is 12.3 Å². The van der Waals surface area contributed by atoms with Crippen LogP contribution < -0.4 is 5.32 Å². The normalized spacial score (nSPS) is 16.6. The Bertz CT molecular complexity index is 247. The SMILES string of the molecule is CCNCC(C)(O)CCS(=O)(=O)CC. The minimum absolute atomic E-state index is 0.0574. The van der Waals surface area contributed by atoms with E-state index in [0.29, 0.717) is 6.54 Å². The number of aliphatic hydroxyl groups is 1. The molecule has 0 amide bonds. The van der Waals surface area contributed by atoms with Crippen LogP contribution in [0.15, 0.2) is 0 Å². The molecule has 0 spiro atoms.